The number of methoxy groups -OCH3 is 1. The Bertz CT molecular complexity index is 2990. The molecule has 0 bridgehead atoms. The third kappa shape index (κ3) is 11.7. The number of anilines is 6. The largest absolute Gasteiger partial charge is 0.494 e. The number of nitrogens with one attached hydrogen (secondary N) is 5. The normalized spacial score (nSPS) is 17.9. The number of hydrogen-bond donors (Lipinski definition) is 5. The smallest absolute Gasteiger partial charge is 0.255 e. The zero-order valence-electron chi connectivity index (χ0n) is 40.5. The Balaban J connectivity index is 0.808. The fourth-order valence-corrected chi connectivity index (χ4v) is 11.1. The lowest BCUT2D eigenvalue weighted by atomic mass is 10.0. The highest BCUT2D eigenvalue weighted by molar-refractivity contribution is 7.70. The number of hydrogen-bond acceptors (Lipinski definition) is 14. The molecule has 20 heteroatoms. The number of H-pyrrole nitrogens is 1. The number of imide groups is 1. The van der Waals surface area contributed by atoms with Crippen LogP contribution in [0, 0.1) is 11.8 Å². The zero-order chi connectivity index (χ0) is 50.4. The van der Waals surface area contributed by atoms with E-state index >= 15 is 0 Å². The molecule has 6 heterocycles. The number of imidazole rings is 1. The van der Waals surface area contributed by atoms with Gasteiger partial charge in [0.05, 0.1) is 54.3 Å². The first kappa shape index (κ1) is 49.9. The topological polar surface area (TPSA) is 210 Å². The van der Waals surface area contributed by atoms with Crippen molar-refractivity contribution in [3.63, 3.8) is 0 Å². The van der Waals surface area contributed by atoms with Crippen LogP contribution in [0.25, 0.3) is 6.08 Å². The van der Waals surface area contributed by atoms with E-state index in [2.05, 4.69) is 67.7 Å². The second kappa shape index (κ2) is 22.2. The number of carbonyl (C=O) groups excluding carboxylic acids is 4. The molecular weight excluding hydrogens is 955 g/mol. The monoisotopic (exact) mass is 1010 g/mol. The lowest BCUT2D eigenvalue weighted by Crippen LogP contribution is -2.53. The molecule has 0 saturated carbocycles. The standard InChI is InChI=1S/C52H58ClN12O6P/c1-71-45-29-44(41(57-47(66)17-15-35-30-54-33-56-35)28-42(45)59-52-55-31-39(53)49(61-52)58-40-13-6-7-14-46(40)72(2,3)70)64-22-19-36(20-23-64)63-26-24-62(25-27-63)21-8-4-5-10-34-11-9-12-37-38(34)32-65(51(37)69)43-16-18-48(67)60-50(43)68/h6-7,9,11-15,17,28-31,33,36,43H,4,8,16,18-27,32H2,1-3H3,(H,54,56)(H,57,66)(H,60,67,68)(H2,55,58,59,61)/b17-15+. The molecule has 4 amide bonds. The van der Waals surface area contributed by atoms with Crippen LogP contribution in [0.4, 0.5) is 34.5 Å². The van der Waals surface area contributed by atoms with Gasteiger partial charge in [-0.1, -0.05) is 41.6 Å². The summed E-state index contributed by atoms with van der Waals surface area (Å²) in [5, 5.41) is 12.9. The van der Waals surface area contributed by atoms with Gasteiger partial charge in [0.1, 0.15) is 24.0 Å². The molecule has 0 spiro atoms. The maximum absolute atomic E-state index is 13.5. The quantitative estimate of drug-likeness (QED) is 0.0252. The number of rotatable bonds is 15. The number of aromatic amines is 1. The van der Waals surface area contributed by atoms with Gasteiger partial charge in [-0.15, -0.1) is 0 Å². The summed E-state index contributed by atoms with van der Waals surface area (Å²) in [5.41, 5.74) is 5.47. The van der Waals surface area contributed by atoms with Crippen molar-refractivity contribution in [1.29, 1.82) is 0 Å². The number of ether oxygens (including phenoxy) is 1. The lowest BCUT2D eigenvalue weighted by molar-refractivity contribution is -0.137. The Morgan fingerprint density at radius 2 is 1.76 bits per heavy atom. The highest BCUT2D eigenvalue weighted by atomic mass is 35.5. The first-order valence-corrected chi connectivity index (χ1v) is 27.2. The van der Waals surface area contributed by atoms with E-state index in [4.69, 9.17) is 16.3 Å². The summed E-state index contributed by atoms with van der Waals surface area (Å²) >= 11 is 6.58. The number of para-hydroxylation sites is 1. The maximum atomic E-state index is 13.5. The van der Waals surface area contributed by atoms with Gasteiger partial charge in [-0.05, 0) is 87.5 Å². The van der Waals surface area contributed by atoms with Crippen molar-refractivity contribution in [3.8, 4) is 17.6 Å². The Labute approximate surface area is 423 Å². The summed E-state index contributed by atoms with van der Waals surface area (Å²) in [6.07, 6.45) is 11.9. The van der Waals surface area contributed by atoms with E-state index in [1.54, 1.807) is 50.0 Å². The minimum Gasteiger partial charge on any atom is -0.494 e. The molecule has 3 saturated heterocycles. The average molecular weight is 1010 g/mol. The highest BCUT2D eigenvalue weighted by Gasteiger charge is 2.40. The van der Waals surface area contributed by atoms with Gasteiger partial charge >= 0.3 is 0 Å². The molecule has 18 nitrogen and oxygen atoms in total. The molecule has 0 aliphatic carbocycles. The van der Waals surface area contributed by atoms with E-state index in [-0.39, 0.29) is 35.1 Å². The van der Waals surface area contributed by atoms with Gasteiger partial charge in [0, 0.05) is 93.3 Å². The number of piperidine rings is 2. The van der Waals surface area contributed by atoms with Gasteiger partial charge < -0.3 is 44.9 Å². The number of nitrogens with zero attached hydrogens (tertiary/aromatic N) is 7. The maximum Gasteiger partial charge on any atom is 0.255 e. The molecule has 9 rings (SSSR count). The summed E-state index contributed by atoms with van der Waals surface area (Å²) in [6.45, 7) is 10.2. The molecule has 1 unspecified atom stereocenters. The first-order chi connectivity index (χ1) is 34.8. The van der Waals surface area contributed by atoms with E-state index < -0.39 is 19.1 Å². The van der Waals surface area contributed by atoms with Gasteiger partial charge in [0.2, 0.25) is 23.7 Å². The minimum atomic E-state index is -2.63. The fraction of sp³-hybridized carbons (Fsp3) is 0.365. The van der Waals surface area contributed by atoms with Crippen LogP contribution in [0.2, 0.25) is 5.02 Å². The molecule has 5 N–H and O–H groups in total. The first-order valence-electron chi connectivity index (χ1n) is 24.2. The molecule has 0 radical (unpaired) electrons. The molecule has 3 aromatic carbocycles. The highest BCUT2D eigenvalue weighted by Crippen LogP contribution is 2.41. The molecule has 1 atom stereocenters. The van der Waals surface area contributed by atoms with E-state index in [0.29, 0.717) is 64.2 Å². The summed E-state index contributed by atoms with van der Waals surface area (Å²) in [5.74, 6) is 6.46. The third-order valence-corrected chi connectivity index (χ3v) is 15.4. The van der Waals surface area contributed by atoms with Crippen LogP contribution in [-0.2, 0) is 25.5 Å². The van der Waals surface area contributed by atoms with E-state index in [1.807, 2.05) is 48.5 Å². The zero-order valence-corrected chi connectivity index (χ0v) is 42.2. The van der Waals surface area contributed by atoms with Gasteiger partial charge in [-0.25, -0.2) is 9.97 Å². The van der Waals surface area contributed by atoms with Crippen LogP contribution in [0.3, 0.4) is 0 Å². The summed E-state index contributed by atoms with van der Waals surface area (Å²) in [4.78, 5) is 76.0. The molecule has 374 valence electrons. The van der Waals surface area contributed by atoms with Crippen LogP contribution in [0.15, 0.2) is 79.4 Å². The van der Waals surface area contributed by atoms with Crippen molar-refractivity contribution in [3.05, 3.63) is 107 Å². The molecule has 4 aliphatic heterocycles. The second-order valence-electron chi connectivity index (χ2n) is 18.6. The number of fused-ring (bicyclic) bond motifs is 1. The molecule has 4 aliphatic rings. The fourth-order valence-electron chi connectivity index (χ4n) is 9.78. The predicted molar refractivity (Wildman–Crippen MR) is 280 cm³/mol. The van der Waals surface area contributed by atoms with Gasteiger partial charge in [0.25, 0.3) is 5.91 Å². The molecule has 2 aromatic heterocycles. The van der Waals surface area contributed by atoms with Crippen LogP contribution in [-0.4, -0.2) is 137 Å². The van der Waals surface area contributed by atoms with E-state index in [0.717, 1.165) is 88.3 Å². The van der Waals surface area contributed by atoms with Crippen molar-refractivity contribution in [2.45, 2.75) is 57.2 Å². The number of aromatic nitrogens is 4. The molecule has 3 fully saturated rings. The Morgan fingerprint density at radius 3 is 2.51 bits per heavy atom. The van der Waals surface area contributed by atoms with Crippen LogP contribution in [0.5, 0.6) is 5.75 Å². The number of halogens is 1. The lowest BCUT2D eigenvalue weighted by Gasteiger charge is -2.43. The molecular formula is C52H58ClN12O6P. The number of piperazine rings is 1. The second-order valence-corrected chi connectivity index (χ2v) is 22.2. The summed E-state index contributed by atoms with van der Waals surface area (Å²) < 4.78 is 19.0. The van der Waals surface area contributed by atoms with E-state index in [9.17, 15) is 23.7 Å². The van der Waals surface area contributed by atoms with Crippen LogP contribution >= 0.6 is 18.7 Å². The number of benzene rings is 3. The Kier molecular flexibility index (Phi) is 15.4. The van der Waals surface area contributed by atoms with Crippen LogP contribution in [0.1, 0.15) is 65.7 Å². The van der Waals surface area contributed by atoms with Crippen molar-refractivity contribution in [1.82, 2.24) is 40.0 Å². The number of carbonyl (C=O) groups is 4. The Hall–Kier alpha value is -7.03. The number of amides is 4. The van der Waals surface area contributed by atoms with Crippen molar-refractivity contribution in [2.24, 2.45) is 0 Å². The van der Waals surface area contributed by atoms with Crippen molar-refractivity contribution in [2.75, 3.05) is 87.1 Å². The van der Waals surface area contributed by atoms with Gasteiger partial charge in [0.15, 0.2) is 5.82 Å². The van der Waals surface area contributed by atoms with Crippen LogP contribution < -0.4 is 36.2 Å². The molecule has 72 heavy (non-hydrogen) atoms. The SMILES string of the molecule is COc1cc(N2CCC(N3CCN(CCCC#Cc4cccc5c4CN(C4CCC(=O)NC4=O)C5=O)CC3)CC2)c(NC(=O)/C=C/c2cnc[nH]2)cc1Nc1ncc(Cl)c(Nc2ccccc2P(C)(C)=O)n1. The van der Waals surface area contributed by atoms with E-state index in [1.165, 1.54) is 12.3 Å². The van der Waals surface area contributed by atoms with Gasteiger partial charge in [-0.3, -0.25) is 29.4 Å². The minimum absolute atomic E-state index is 0.193. The predicted octanol–water partition coefficient (Wildman–Crippen LogP) is 6.43. The van der Waals surface area contributed by atoms with Crippen molar-refractivity contribution >= 4 is 88.3 Å². The average Bonchev–Trinajstić information content (AvgIpc) is 4.02. The number of unbranched alkanes of at least 4 members (excludes halogenated alkanes) is 1. The summed E-state index contributed by atoms with van der Waals surface area (Å²) in [6, 6.07) is 16.4. The molecule has 5 aromatic rings. The summed E-state index contributed by atoms with van der Waals surface area (Å²) in [7, 11) is -1.03. The Morgan fingerprint density at radius 1 is 0.958 bits per heavy atom. The van der Waals surface area contributed by atoms with Gasteiger partial charge in [-0.2, -0.15) is 4.98 Å². The third-order valence-electron chi connectivity index (χ3n) is 13.5. The van der Waals surface area contributed by atoms with Crippen molar-refractivity contribution < 1.29 is 28.5 Å².